The van der Waals surface area contributed by atoms with Crippen molar-refractivity contribution in [2.75, 3.05) is 21.3 Å². The largest absolute Gasteiger partial charge is 0.466 e. The summed E-state index contributed by atoms with van der Waals surface area (Å²) in [4.78, 5) is 11.1. The SMILES string of the molecule is COC(=O)C=CC=C(c1ccc(Br)cc1)P(=O)(OC)OC. The molecule has 0 saturated heterocycles. The predicted octanol–water partition coefficient (Wildman–Crippen LogP) is 4.01. The number of ether oxygens (including phenoxy) is 1. The molecule has 0 aliphatic rings. The number of allylic oxidation sites excluding steroid dienone is 2. The lowest BCUT2D eigenvalue weighted by Gasteiger charge is -2.17. The maximum atomic E-state index is 12.6. The maximum Gasteiger partial charge on any atom is 0.361 e. The zero-order valence-electron chi connectivity index (χ0n) is 11.9. The van der Waals surface area contributed by atoms with E-state index in [1.54, 1.807) is 12.1 Å². The second-order valence-corrected chi connectivity index (χ2v) is 6.93. The Morgan fingerprint density at radius 2 is 1.71 bits per heavy atom. The Morgan fingerprint density at radius 3 is 2.19 bits per heavy atom. The summed E-state index contributed by atoms with van der Waals surface area (Å²) in [5.41, 5.74) is 0.666. The second-order valence-electron chi connectivity index (χ2n) is 3.80. The first-order valence-corrected chi connectivity index (χ1v) is 8.24. The molecule has 0 heterocycles. The molecule has 0 atom stereocenters. The van der Waals surface area contributed by atoms with Crippen molar-refractivity contribution in [1.82, 2.24) is 0 Å². The van der Waals surface area contributed by atoms with Crippen LogP contribution in [0.25, 0.3) is 5.31 Å². The van der Waals surface area contributed by atoms with E-state index >= 15 is 0 Å². The van der Waals surface area contributed by atoms with Crippen LogP contribution in [0.5, 0.6) is 0 Å². The van der Waals surface area contributed by atoms with E-state index in [-0.39, 0.29) is 0 Å². The van der Waals surface area contributed by atoms with E-state index in [1.165, 1.54) is 39.6 Å². The first-order chi connectivity index (χ1) is 9.96. The van der Waals surface area contributed by atoms with Gasteiger partial charge in [-0.25, -0.2) is 4.79 Å². The molecular weight excluding hydrogens is 359 g/mol. The fraction of sp³-hybridized carbons (Fsp3) is 0.214. The van der Waals surface area contributed by atoms with Crippen LogP contribution in [0.4, 0.5) is 0 Å². The standard InChI is InChI=1S/C14H16BrO5P/c1-18-14(16)6-4-5-13(21(17,19-2)20-3)11-7-9-12(15)10-8-11/h4-10H,1-3H3. The molecule has 0 aliphatic heterocycles. The summed E-state index contributed by atoms with van der Waals surface area (Å²) >= 11 is 3.33. The van der Waals surface area contributed by atoms with Gasteiger partial charge < -0.3 is 13.8 Å². The molecule has 114 valence electrons. The van der Waals surface area contributed by atoms with Gasteiger partial charge in [0, 0.05) is 24.8 Å². The molecule has 0 aliphatic carbocycles. The molecule has 7 heteroatoms. The quantitative estimate of drug-likeness (QED) is 0.326. The smallest absolute Gasteiger partial charge is 0.361 e. The first-order valence-electron chi connectivity index (χ1n) is 5.91. The van der Waals surface area contributed by atoms with Crippen LogP contribution in [0.2, 0.25) is 0 Å². The first kappa shape index (κ1) is 17.9. The molecule has 1 rings (SSSR count). The summed E-state index contributed by atoms with van der Waals surface area (Å²) in [7, 11) is 0.438. The Labute approximate surface area is 132 Å². The molecule has 0 unspecified atom stereocenters. The van der Waals surface area contributed by atoms with E-state index in [2.05, 4.69) is 20.7 Å². The Hall–Kier alpha value is -1.20. The van der Waals surface area contributed by atoms with E-state index in [0.29, 0.717) is 10.9 Å². The van der Waals surface area contributed by atoms with Gasteiger partial charge in [-0.1, -0.05) is 34.1 Å². The van der Waals surface area contributed by atoms with Crippen molar-refractivity contribution in [3.8, 4) is 0 Å². The highest BCUT2D eigenvalue weighted by Crippen LogP contribution is 2.59. The number of hydrogen-bond donors (Lipinski definition) is 0. The van der Waals surface area contributed by atoms with Crippen LogP contribution in [-0.2, 0) is 23.1 Å². The number of methoxy groups -OCH3 is 1. The van der Waals surface area contributed by atoms with Crippen LogP contribution in [0.1, 0.15) is 5.56 Å². The van der Waals surface area contributed by atoms with Crippen LogP contribution < -0.4 is 0 Å². The van der Waals surface area contributed by atoms with Crippen LogP contribution in [-0.4, -0.2) is 27.3 Å². The van der Waals surface area contributed by atoms with Gasteiger partial charge in [0.05, 0.1) is 12.4 Å². The highest BCUT2D eigenvalue weighted by atomic mass is 79.9. The Balaban J connectivity index is 3.26. The average molecular weight is 375 g/mol. The molecule has 1 aromatic carbocycles. The summed E-state index contributed by atoms with van der Waals surface area (Å²) in [6, 6.07) is 7.16. The summed E-state index contributed by atoms with van der Waals surface area (Å²) in [6.07, 6.45) is 4.16. The molecule has 0 bridgehead atoms. The maximum absolute atomic E-state index is 12.6. The Morgan fingerprint density at radius 1 is 1.14 bits per heavy atom. The third-order valence-electron chi connectivity index (χ3n) is 2.60. The van der Waals surface area contributed by atoms with Crippen LogP contribution >= 0.6 is 23.5 Å². The minimum atomic E-state index is -3.45. The summed E-state index contributed by atoms with van der Waals surface area (Å²) in [6.45, 7) is 0. The minimum Gasteiger partial charge on any atom is -0.466 e. The van der Waals surface area contributed by atoms with E-state index in [4.69, 9.17) is 9.05 Å². The normalized spacial score (nSPS) is 12.7. The zero-order valence-corrected chi connectivity index (χ0v) is 14.4. The van der Waals surface area contributed by atoms with Gasteiger partial charge in [-0.2, -0.15) is 0 Å². The third kappa shape index (κ3) is 4.93. The van der Waals surface area contributed by atoms with Gasteiger partial charge in [0.1, 0.15) is 0 Å². The van der Waals surface area contributed by atoms with E-state index in [9.17, 15) is 9.36 Å². The molecule has 0 amide bonds. The molecule has 0 radical (unpaired) electrons. The van der Waals surface area contributed by atoms with E-state index < -0.39 is 13.6 Å². The topological polar surface area (TPSA) is 61.8 Å². The van der Waals surface area contributed by atoms with Gasteiger partial charge in [0.2, 0.25) is 0 Å². The van der Waals surface area contributed by atoms with E-state index in [0.717, 1.165) is 4.47 Å². The highest BCUT2D eigenvalue weighted by Gasteiger charge is 2.28. The average Bonchev–Trinajstić information content (AvgIpc) is 2.51. The Bertz CT molecular complexity index is 584. The molecule has 0 aromatic heterocycles. The van der Waals surface area contributed by atoms with Crippen LogP contribution in [0.15, 0.2) is 47.0 Å². The van der Waals surface area contributed by atoms with Crippen LogP contribution in [0.3, 0.4) is 0 Å². The van der Waals surface area contributed by atoms with Crippen molar-refractivity contribution in [2.24, 2.45) is 0 Å². The number of carbonyl (C=O) groups is 1. The van der Waals surface area contributed by atoms with Crippen molar-refractivity contribution >= 4 is 34.8 Å². The van der Waals surface area contributed by atoms with Gasteiger partial charge in [-0.3, -0.25) is 4.57 Å². The van der Waals surface area contributed by atoms with E-state index in [1.807, 2.05) is 12.1 Å². The lowest BCUT2D eigenvalue weighted by Crippen LogP contribution is -1.95. The predicted molar refractivity (Wildman–Crippen MR) is 84.9 cm³/mol. The number of carbonyl (C=O) groups excluding carboxylic acids is 1. The number of hydrogen-bond acceptors (Lipinski definition) is 5. The molecule has 0 spiro atoms. The van der Waals surface area contributed by atoms with Gasteiger partial charge in [0.15, 0.2) is 0 Å². The second kappa shape index (κ2) is 8.29. The number of rotatable bonds is 6. The Kier molecular flexibility index (Phi) is 7.05. The van der Waals surface area contributed by atoms with Crippen molar-refractivity contribution in [2.45, 2.75) is 0 Å². The zero-order chi connectivity index (χ0) is 15.9. The summed E-state index contributed by atoms with van der Waals surface area (Å²) < 4.78 is 28.0. The van der Waals surface area contributed by atoms with Crippen LogP contribution in [0, 0.1) is 0 Å². The molecule has 0 fully saturated rings. The number of benzene rings is 1. The van der Waals surface area contributed by atoms with Gasteiger partial charge in [-0.15, -0.1) is 0 Å². The molecule has 1 aromatic rings. The highest BCUT2D eigenvalue weighted by molar-refractivity contribution is 9.10. The lowest BCUT2D eigenvalue weighted by molar-refractivity contribution is -0.134. The fourth-order valence-electron chi connectivity index (χ4n) is 1.52. The number of esters is 1. The van der Waals surface area contributed by atoms with Gasteiger partial charge in [-0.05, 0) is 23.8 Å². The van der Waals surface area contributed by atoms with Crippen molar-refractivity contribution in [3.05, 3.63) is 52.5 Å². The lowest BCUT2D eigenvalue weighted by atomic mass is 10.2. The monoisotopic (exact) mass is 374 g/mol. The molecular formula is C14H16BrO5P. The molecule has 21 heavy (non-hydrogen) atoms. The minimum absolute atomic E-state index is 0.347. The van der Waals surface area contributed by atoms with Gasteiger partial charge in [0.25, 0.3) is 0 Å². The summed E-state index contributed by atoms with van der Waals surface area (Å²) in [5.74, 6) is -0.508. The van der Waals surface area contributed by atoms with Crippen molar-refractivity contribution in [1.29, 1.82) is 0 Å². The van der Waals surface area contributed by atoms with Crippen molar-refractivity contribution in [3.63, 3.8) is 0 Å². The van der Waals surface area contributed by atoms with Gasteiger partial charge >= 0.3 is 13.6 Å². The summed E-state index contributed by atoms with van der Waals surface area (Å²) in [5, 5.41) is 0.347. The fourth-order valence-corrected chi connectivity index (χ4v) is 3.06. The number of halogens is 1. The molecule has 0 N–H and O–H groups in total. The molecule has 5 nitrogen and oxygen atoms in total. The molecule has 0 saturated carbocycles. The van der Waals surface area contributed by atoms with Crippen molar-refractivity contribution < 1.29 is 23.1 Å². The third-order valence-corrected chi connectivity index (χ3v) is 5.09.